The first-order valence-corrected chi connectivity index (χ1v) is 14.2. The van der Waals surface area contributed by atoms with E-state index < -0.39 is 22.5 Å². The highest BCUT2D eigenvalue weighted by atomic mass is 79.9. The van der Waals surface area contributed by atoms with Crippen LogP contribution < -0.4 is 29.1 Å². The zero-order valence-electron chi connectivity index (χ0n) is 23.2. The molecular weight excluding hydrogens is 618 g/mol. The van der Waals surface area contributed by atoms with Crippen LogP contribution in [-0.4, -0.2) is 42.4 Å². The lowest BCUT2D eigenvalue weighted by atomic mass is 9.95. The van der Waals surface area contributed by atoms with Gasteiger partial charge in [0, 0.05) is 6.07 Å². The van der Waals surface area contributed by atoms with Gasteiger partial charge in [-0.05, 0) is 79.0 Å². The van der Waals surface area contributed by atoms with Crippen LogP contribution in [0, 0.1) is 10.1 Å². The highest BCUT2D eigenvalue weighted by Crippen LogP contribution is 2.38. The van der Waals surface area contributed by atoms with Crippen molar-refractivity contribution >= 4 is 45.0 Å². The maximum Gasteiger partial charge on any atom is 0.338 e. The van der Waals surface area contributed by atoms with Gasteiger partial charge in [0.25, 0.3) is 5.56 Å². The fraction of sp³-hybridized carbons (Fsp3) is 0.321. The Hall–Kier alpha value is -3.97. The van der Waals surface area contributed by atoms with Crippen molar-refractivity contribution in [1.82, 2.24) is 4.57 Å². The molecular formula is C28H28BrN3O8S. The molecule has 0 radical (unpaired) electrons. The molecule has 2 heterocycles. The summed E-state index contributed by atoms with van der Waals surface area (Å²) in [6, 6.07) is 7.30. The highest BCUT2D eigenvalue weighted by molar-refractivity contribution is 9.10. The molecule has 1 aromatic heterocycles. The van der Waals surface area contributed by atoms with Crippen LogP contribution in [0.3, 0.4) is 0 Å². The Labute approximate surface area is 247 Å². The van der Waals surface area contributed by atoms with Crippen LogP contribution in [0.1, 0.15) is 44.9 Å². The summed E-state index contributed by atoms with van der Waals surface area (Å²) in [5.74, 6) is 0.432. The van der Waals surface area contributed by atoms with Crippen molar-refractivity contribution in [3.8, 4) is 17.2 Å². The number of thiazole rings is 1. The number of carbonyl (C=O) groups is 1. The molecule has 1 aliphatic heterocycles. The maximum atomic E-state index is 13.9. The number of nitrogens with zero attached hydrogens (tertiary/aromatic N) is 3. The molecule has 2 aromatic carbocycles. The third-order valence-corrected chi connectivity index (χ3v) is 7.70. The Morgan fingerprint density at radius 1 is 1.22 bits per heavy atom. The number of carbonyl (C=O) groups excluding carboxylic acids is 1. The van der Waals surface area contributed by atoms with Crippen LogP contribution in [-0.2, 0) is 9.53 Å². The predicted octanol–water partition coefficient (Wildman–Crippen LogP) is 4.27. The average molecular weight is 647 g/mol. The molecule has 1 aliphatic rings. The summed E-state index contributed by atoms with van der Waals surface area (Å²) < 4.78 is 24.0. The molecule has 13 heteroatoms. The molecule has 216 valence electrons. The van der Waals surface area contributed by atoms with Gasteiger partial charge >= 0.3 is 11.7 Å². The number of rotatable bonds is 9. The van der Waals surface area contributed by atoms with E-state index in [0.29, 0.717) is 37.6 Å². The molecule has 4 rings (SSSR count). The summed E-state index contributed by atoms with van der Waals surface area (Å²) in [6.45, 7) is 7.32. The maximum absolute atomic E-state index is 13.9. The molecule has 11 nitrogen and oxygen atoms in total. The fourth-order valence-corrected chi connectivity index (χ4v) is 6.16. The normalized spacial score (nSPS) is 14.9. The molecule has 1 atom stereocenters. The average Bonchev–Trinajstić information content (AvgIpc) is 3.21. The largest absolute Gasteiger partial charge is 0.493 e. The lowest BCUT2D eigenvalue weighted by Gasteiger charge is -2.25. The molecule has 0 N–H and O–H groups in total. The fourth-order valence-electron chi connectivity index (χ4n) is 4.48. The quantitative estimate of drug-likeness (QED) is 0.191. The van der Waals surface area contributed by atoms with Crippen LogP contribution in [0.15, 0.2) is 55.9 Å². The zero-order chi connectivity index (χ0) is 30.0. The van der Waals surface area contributed by atoms with E-state index in [9.17, 15) is 19.7 Å². The third-order valence-electron chi connectivity index (χ3n) is 6.13. The Bertz CT molecular complexity index is 1740. The van der Waals surface area contributed by atoms with Crippen LogP contribution in [0.4, 0.5) is 5.69 Å². The third kappa shape index (κ3) is 5.91. The molecule has 0 fully saturated rings. The number of nitro groups is 1. The summed E-state index contributed by atoms with van der Waals surface area (Å²) in [5.41, 5.74) is 0.938. The minimum Gasteiger partial charge on any atom is -0.493 e. The highest BCUT2D eigenvalue weighted by Gasteiger charge is 2.34. The molecule has 3 aromatic rings. The van der Waals surface area contributed by atoms with Crippen molar-refractivity contribution in [2.45, 2.75) is 39.8 Å². The number of fused-ring (bicyclic) bond motifs is 1. The van der Waals surface area contributed by atoms with Gasteiger partial charge in [-0.2, -0.15) is 0 Å². The summed E-state index contributed by atoms with van der Waals surface area (Å²) in [4.78, 5) is 43.1. The lowest BCUT2D eigenvalue weighted by molar-refractivity contribution is -0.385. The standard InChI is InChI=1S/C28H28BrN3O8S/c1-7-39-27(34)23-15(4)30-28-31(24(23)17-8-9-20(40-14(2)3)21(13-17)37-5)26(33)22(41-28)12-16-10-18(29)25(38-6)19(11-16)32(35)36/h8-14,24H,7H2,1-6H3/b22-12-/t24-/m1/s1. The first kappa shape index (κ1) is 30.0. The molecule has 0 bridgehead atoms. The summed E-state index contributed by atoms with van der Waals surface area (Å²) in [7, 11) is 2.85. The van der Waals surface area contributed by atoms with E-state index in [1.54, 1.807) is 44.2 Å². The van der Waals surface area contributed by atoms with Gasteiger partial charge in [-0.1, -0.05) is 17.4 Å². The number of hydrogen-bond acceptors (Lipinski definition) is 10. The van der Waals surface area contributed by atoms with Gasteiger partial charge in [-0.25, -0.2) is 9.79 Å². The topological polar surface area (TPSA) is 131 Å². The van der Waals surface area contributed by atoms with E-state index in [1.807, 2.05) is 13.8 Å². The van der Waals surface area contributed by atoms with E-state index >= 15 is 0 Å². The van der Waals surface area contributed by atoms with Gasteiger partial charge in [0.05, 0.1) is 58.2 Å². The molecule has 0 saturated carbocycles. The molecule has 0 unspecified atom stereocenters. The smallest absolute Gasteiger partial charge is 0.338 e. The number of ether oxygens (including phenoxy) is 4. The molecule has 0 aliphatic carbocycles. The number of aromatic nitrogens is 1. The van der Waals surface area contributed by atoms with Gasteiger partial charge in [0.2, 0.25) is 5.75 Å². The van der Waals surface area contributed by atoms with Crippen molar-refractivity contribution in [1.29, 1.82) is 0 Å². The number of methoxy groups -OCH3 is 2. The minimum atomic E-state index is -0.869. The second-order valence-electron chi connectivity index (χ2n) is 9.19. The van der Waals surface area contributed by atoms with E-state index in [0.717, 1.165) is 11.3 Å². The monoisotopic (exact) mass is 645 g/mol. The SMILES string of the molecule is CCOC(=O)C1=C(C)N=c2s/c(=C\c3cc(Br)c(OC)c([N+](=O)[O-])c3)c(=O)n2[C@@H]1c1ccc(OC(C)C)c(OC)c1. The Morgan fingerprint density at radius 3 is 2.56 bits per heavy atom. The Balaban J connectivity index is 1.96. The number of hydrogen-bond donors (Lipinski definition) is 0. The van der Waals surface area contributed by atoms with E-state index in [1.165, 1.54) is 24.9 Å². The first-order chi connectivity index (χ1) is 19.5. The van der Waals surface area contributed by atoms with Gasteiger partial charge in [0.15, 0.2) is 16.3 Å². The second-order valence-corrected chi connectivity index (χ2v) is 11.1. The molecule has 0 amide bonds. The Morgan fingerprint density at radius 2 is 1.95 bits per heavy atom. The van der Waals surface area contributed by atoms with Gasteiger partial charge < -0.3 is 18.9 Å². The van der Waals surface area contributed by atoms with E-state index in [-0.39, 0.29) is 34.3 Å². The summed E-state index contributed by atoms with van der Waals surface area (Å²) >= 11 is 4.42. The first-order valence-electron chi connectivity index (χ1n) is 12.6. The minimum absolute atomic E-state index is 0.0714. The number of allylic oxidation sites excluding steroid dienone is 1. The van der Waals surface area contributed by atoms with Crippen molar-refractivity contribution in [2.24, 2.45) is 4.99 Å². The second kappa shape index (κ2) is 12.3. The van der Waals surface area contributed by atoms with Crippen molar-refractivity contribution in [3.63, 3.8) is 0 Å². The number of halogens is 1. The van der Waals surface area contributed by atoms with E-state index in [2.05, 4.69) is 20.9 Å². The lowest BCUT2D eigenvalue weighted by Crippen LogP contribution is -2.40. The van der Waals surface area contributed by atoms with Gasteiger partial charge in [-0.15, -0.1) is 0 Å². The number of esters is 1. The molecule has 0 spiro atoms. The predicted molar refractivity (Wildman–Crippen MR) is 157 cm³/mol. The zero-order valence-corrected chi connectivity index (χ0v) is 25.6. The van der Waals surface area contributed by atoms with Crippen molar-refractivity contribution in [2.75, 3.05) is 20.8 Å². The van der Waals surface area contributed by atoms with Crippen molar-refractivity contribution in [3.05, 3.63) is 87.0 Å². The summed E-state index contributed by atoms with van der Waals surface area (Å²) in [5, 5.41) is 11.6. The van der Waals surface area contributed by atoms with Gasteiger partial charge in [-0.3, -0.25) is 19.5 Å². The molecule has 41 heavy (non-hydrogen) atoms. The van der Waals surface area contributed by atoms with Crippen LogP contribution in [0.2, 0.25) is 0 Å². The van der Waals surface area contributed by atoms with E-state index in [4.69, 9.17) is 18.9 Å². The van der Waals surface area contributed by atoms with Crippen molar-refractivity contribution < 1.29 is 28.7 Å². The Kier molecular flexibility index (Phi) is 8.98. The summed E-state index contributed by atoms with van der Waals surface area (Å²) in [6.07, 6.45) is 1.44. The molecule has 0 saturated heterocycles. The van der Waals surface area contributed by atoms with Crippen LogP contribution in [0.25, 0.3) is 6.08 Å². The number of benzene rings is 2. The van der Waals surface area contributed by atoms with Crippen LogP contribution >= 0.6 is 27.3 Å². The number of nitro benzene ring substituents is 1. The van der Waals surface area contributed by atoms with Gasteiger partial charge in [0.1, 0.15) is 0 Å². The van der Waals surface area contributed by atoms with Crippen LogP contribution in [0.5, 0.6) is 17.2 Å².